The van der Waals surface area contributed by atoms with Crippen LogP contribution in [0.5, 0.6) is 5.75 Å². The molecule has 0 unspecified atom stereocenters. The second-order valence-electron chi connectivity index (χ2n) is 5.43. The molecule has 0 aliphatic rings. The molecular formula is C18H22N2O3S2. The number of carbonyl (C=O) groups excluding carboxylic acids is 2. The van der Waals surface area contributed by atoms with Crippen LogP contribution < -0.4 is 10.1 Å². The Balaban J connectivity index is 1.80. The minimum Gasteiger partial charge on any atom is -0.497 e. The predicted octanol–water partition coefficient (Wildman–Crippen LogP) is 3.59. The molecule has 0 saturated heterocycles. The predicted molar refractivity (Wildman–Crippen MR) is 102 cm³/mol. The molecule has 1 amide bonds. The molecule has 0 aliphatic carbocycles. The van der Waals surface area contributed by atoms with Gasteiger partial charge in [0, 0.05) is 17.5 Å². The molecule has 0 fully saturated rings. The van der Waals surface area contributed by atoms with Crippen LogP contribution in [0, 0.1) is 0 Å². The number of ether oxygens (including phenoxy) is 1. The van der Waals surface area contributed by atoms with Crippen molar-refractivity contribution >= 4 is 34.8 Å². The molecule has 0 radical (unpaired) electrons. The lowest BCUT2D eigenvalue weighted by molar-refractivity contribution is -0.120. The number of ketones is 1. The number of Topliss-reactive ketones (excluding diaryl/α,β-unsaturated/α-hetero) is 1. The van der Waals surface area contributed by atoms with E-state index in [1.165, 1.54) is 23.1 Å². The van der Waals surface area contributed by atoms with E-state index in [4.69, 9.17) is 4.74 Å². The van der Waals surface area contributed by atoms with Crippen molar-refractivity contribution in [2.45, 2.75) is 30.5 Å². The molecule has 25 heavy (non-hydrogen) atoms. The third-order valence-electron chi connectivity index (χ3n) is 3.46. The summed E-state index contributed by atoms with van der Waals surface area (Å²) in [5.41, 5.74) is 1.40. The van der Waals surface area contributed by atoms with Gasteiger partial charge in [-0.1, -0.05) is 25.1 Å². The van der Waals surface area contributed by atoms with Crippen LogP contribution in [-0.2, 0) is 11.2 Å². The van der Waals surface area contributed by atoms with Crippen molar-refractivity contribution in [2.75, 3.05) is 19.4 Å². The lowest BCUT2D eigenvalue weighted by Gasteiger charge is -2.02. The monoisotopic (exact) mass is 378 g/mol. The van der Waals surface area contributed by atoms with Gasteiger partial charge in [0.05, 0.1) is 25.0 Å². The number of thiazole rings is 1. The first kappa shape index (κ1) is 19.5. The number of benzene rings is 1. The van der Waals surface area contributed by atoms with Crippen LogP contribution in [0.1, 0.15) is 35.8 Å². The van der Waals surface area contributed by atoms with Gasteiger partial charge in [0.1, 0.15) is 5.75 Å². The quantitative estimate of drug-likeness (QED) is 0.389. The van der Waals surface area contributed by atoms with Crippen molar-refractivity contribution < 1.29 is 14.3 Å². The maximum Gasteiger partial charge on any atom is 0.226 e. The number of amides is 1. The second-order valence-corrected chi connectivity index (χ2v) is 7.51. The van der Waals surface area contributed by atoms with Gasteiger partial charge < -0.3 is 10.1 Å². The largest absolute Gasteiger partial charge is 0.497 e. The van der Waals surface area contributed by atoms with Crippen LogP contribution in [0.2, 0.25) is 0 Å². The molecule has 134 valence electrons. The van der Waals surface area contributed by atoms with Crippen LogP contribution in [0.4, 0.5) is 0 Å². The van der Waals surface area contributed by atoms with Gasteiger partial charge in [-0.2, -0.15) is 0 Å². The van der Waals surface area contributed by atoms with Gasteiger partial charge in [-0.3, -0.25) is 9.59 Å². The molecule has 1 aromatic heterocycles. The fourth-order valence-corrected chi connectivity index (χ4v) is 3.79. The Labute approximate surface area is 156 Å². The molecular weight excluding hydrogens is 356 g/mol. The summed E-state index contributed by atoms with van der Waals surface area (Å²) >= 11 is 2.86. The number of nitrogens with zero attached hydrogens (tertiary/aromatic N) is 1. The Morgan fingerprint density at radius 2 is 2.04 bits per heavy atom. The highest BCUT2D eigenvalue weighted by Gasteiger charge is 2.11. The van der Waals surface area contributed by atoms with Crippen molar-refractivity contribution in [1.82, 2.24) is 10.3 Å². The SMILES string of the molecule is CCCCNC(=O)Cc1csc(SCC(=O)c2ccc(OC)cc2)n1. The lowest BCUT2D eigenvalue weighted by Crippen LogP contribution is -2.26. The van der Waals surface area contributed by atoms with E-state index in [0.29, 0.717) is 17.9 Å². The van der Waals surface area contributed by atoms with Crippen molar-refractivity contribution in [3.8, 4) is 5.75 Å². The van der Waals surface area contributed by atoms with Crippen molar-refractivity contribution in [3.63, 3.8) is 0 Å². The van der Waals surface area contributed by atoms with Crippen molar-refractivity contribution in [1.29, 1.82) is 0 Å². The van der Waals surface area contributed by atoms with Gasteiger partial charge >= 0.3 is 0 Å². The molecule has 2 aromatic rings. The maximum atomic E-state index is 12.2. The highest BCUT2D eigenvalue weighted by Crippen LogP contribution is 2.24. The third-order valence-corrected chi connectivity index (χ3v) is 5.53. The smallest absolute Gasteiger partial charge is 0.226 e. The molecule has 1 N–H and O–H groups in total. The van der Waals surface area contributed by atoms with Gasteiger partial charge in [0.25, 0.3) is 0 Å². The second kappa shape index (κ2) is 10.2. The summed E-state index contributed by atoms with van der Waals surface area (Å²) in [7, 11) is 1.59. The summed E-state index contributed by atoms with van der Waals surface area (Å²) in [5, 5.41) is 4.75. The number of aromatic nitrogens is 1. The van der Waals surface area contributed by atoms with E-state index >= 15 is 0 Å². The zero-order valence-electron chi connectivity index (χ0n) is 14.4. The topological polar surface area (TPSA) is 68.3 Å². The molecule has 0 spiro atoms. The summed E-state index contributed by atoms with van der Waals surface area (Å²) < 4.78 is 5.89. The fraction of sp³-hybridized carbons (Fsp3) is 0.389. The van der Waals surface area contributed by atoms with E-state index < -0.39 is 0 Å². The first-order chi connectivity index (χ1) is 12.1. The summed E-state index contributed by atoms with van der Waals surface area (Å²) in [6.07, 6.45) is 2.32. The first-order valence-corrected chi connectivity index (χ1v) is 10.00. The molecule has 7 heteroatoms. The summed E-state index contributed by atoms with van der Waals surface area (Å²) in [6.45, 7) is 2.79. The molecule has 0 saturated carbocycles. The molecule has 5 nitrogen and oxygen atoms in total. The van der Waals surface area contributed by atoms with Crippen molar-refractivity contribution in [2.24, 2.45) is 0 Å². The standard InChI is InChI=1S/C18H22N2O3S2/c1-3-4-9-19-17(22)10-14-11-24-18(20-14)25-12-16(21)13-5-7-15(23-2)8-6-13/h5-8,11H,3-4,9-10,12H2,1-2H3,(H,19,22). The molecule has 0 aliphatic heterocycles. The van der Waals surface area contributed by atoms with Crippen molar-refractivity contribution in [3.05, 3.63) is 40.9 Å². The number of carbonyl (C=O) groups is 2. The van der Waals surface area contributed by atoms with Gasteiger partial charge in [0.15, 0.2) is 10.1 Å². The average Bonchev–Trinajstić information content (AvgIpc) is 3.07. The van der Waals surface area contributed by atoms with E-state index in [-0.39, 0.29) is 18.1 Å². The number of unbranched alkanes of at least 4 members (excludes halogenated alkanes) is 1. The Morgan fingerprint density at radius 3 is 2.72 bits per heavy atom. The van der Waals surface area contributed by atoms with E-state index in [9.17, 15) is 9.59 Å². The first-order valence-electron chi connectivity index (χ1n) is 8.13. The number of hydrogen-bond donors (Lipinski definition) is 1. The Kier molecular flexibility index (Phi) is 7.94. The molecule has 1 aromatic carbocycles. The number of nitrogens with one attached hydrogen (secondary N) is 1. The number of hydrogen-bond acceptors (Lipinski definition) is 6. The normalized spacial score (nSPS) is 10.5. The van der Waals surface area contributed by atoms with Crippen LogP contribution in [0.3, 0.4) is 0 Å². The number of methoxy groups -OCH3 is 1. The molecule has 0 bridgehead atoms. The summed E-state index contributed by atoms with van der Waals surface area (Å²) in [4.78, 5) is 28.4. The zero-order chi connectivity index (χ0) is 18.1. The van der Waals surface area contributed by atoms with Gasteiger partial charge in [0.2, 0.25) is 5.91 Å². The van der Waals surface area contributed by atoms with E-state index in [0.717, 1.165) is 28.6 Å². The average molecular weight is 379 g/mol. The van der Waals surface area contributed by atoms with E-state index in [1.807, 2.05) is 5.38 Å². The third kappa shape index (κ3) is 6.51. The lowest BCUT2D eigenvalue weighted by atomic mass is 10.1. The highest BCUT2D eigenvalue weighted by molar-refractivity contribution is 8.01. The minimum absolute atomic E-state index is 0.00962. The van der Waals surface area contributed by atoms with Gasteiger partial charge in [-0.05, 0) is 30.7 Å². The number of rotatable bonds is 10. The number of thioether (sulfide) groups is 1. The minimum atomic E-state index is -0.00962. The summed E-state index contributed by atoms with van der Waals surface area (Å²) in [5.74, 6) is 1.08. The van der Waals surface area contributed by atoms with Crippen LogP contribution in [0.25, 0.3) is 0 Å². The van der Waals surface area contributed by atoms with Crippen LogP contribution in [-0.4, -0.2) is 36.1 Å². The Morgan fingerprint density at radius 1 is 1.28 bits per heavy atom. The van der Waals surface area contributed by atoms with Gasteiger partial charge in [-0.15, -0.1) is 11.3 Å². The van der Waals surface area contributed by atoms with Gasteiger partial charge in [-0.25, -0.2) is 4.98 Å². The Hall–Kier alpha value is -1.86. The van der Waals surface area contributed by atoms with Crippen LogP contribution >= 0.6 is 23.1 Å². The Bertz CT molecular complexity index is 699. The fourth-order valence-electron chi connectivity index (χ4n) is 2.05. The summed E-state index contributed by atoms with van der Waals surface area (Å²) in [6, 6.07) is 7.07. The zero-order valence-corrected chi connectivity index (χ0v) is 16.0. The highest BCUT2D eigenvalue weighted by atomic mass is 32.2. The van der Waals surface area contributed by atoms with Crippen LogP contribution in [0.15, 0.2) is 34.0 Å². The maximum absolute atomic E-state index is 12.2. The molecule has 0 atom stereocenters. The van der Waals surface area contributed by atoms with E-state index in [1.54, 1.807) is 31.4 Å². The molecule has 2 rings (SSSR count). The molecule has 1 heterocycles. The van der Waals surface area contributed by atoms with E-state index in [2.05, 4.69) is 17.2 Å².